The number of hydrogen-bond acceptors (Lipinski definition) is 4. The van der Waals surface area contributed by atoms with Crippen LogP contribution in [0.4, 0.5) is 5.95 Å². The lowest BCUT2D eigenvalue weighted by Gasteiger charge is -2.17. The number of anilines is 1. The van der Waals surface area contributed by atoms with Gasteiger partial charge in [-0.25, -0.2) is 14.6 Å². The number of para-hydroxylation sites is 1. The second-order valence-corrected chi connectivity index (χ2v) is 4.45. The van der Waals surface area contributed by atoms with Crippen LogP contribution in [-0.2, 0) is 0 Å². The molecule has 0 bridgehead atoms. The molecule has 5 heteroatoms. The fraction of sp³-hybridized carbons (Fsp3) is 0.133. The molecule has 0 radical (unpaired) electrons. The highest BCUT2D eigenvalue weighted by Crippen LogP contribution is 2.23. The van der Waals surface area contributed by atoms with Gasteiger partial charge >= 0.3 is 0 Å². The van der Waals surface area contributed by atoms with Crippen LogP contribution in [0.5, 0.6) is 0 Å². The first-order valence-corrected chi connectivity index (χ1v) is 6.47. The molecule has 0 amide bonds. The van der Waals surface area contributed by atoms with Crippen molar-refractivity contribution in [2.75, 3.05) is 5.32 Å². The highest BCUT2D eigenvalue weighted by molar-refractivity contribution is 5.45. The zero-order valence-electron chi connectivity index (χ0n) is 11.1. The molecule has 0 fully saturated rings. The molecule has 3 rings (SSSR count). The van der Waals surface area contributed by atoms with Gasteiger partial charge in [-0.3, -0.25) is 0 Å². The van der Waals surface area contributed by atoms with Gasteiger partial charge in [-0.1, -0.05) is 18.2 Å². The third kappa shape index (κ3) is 2.51. The van der Waals surface area contributed by atoms with E-state index in [-0.39, 0.29) is 6.04 Å². The Morgan fingerprint density at radius 1 is 1.00 bits per heavy atom. The van der Waals surface area contributed by atoms with E-state index in [2.05, 4.69) is 33.4 Å². The molecule has 1 atom stereocenters. The third-order valence-corrected chi connectivity index (χ3v) is 3.07. The van der Waals surface area contributed by atoms with E-state index in [1.807, 2.05) is 35.1 Å². The minimum absolute atomic E-state index is 0.0813. The summed E-state index contributed by atoms with van der Waals surface area (Å²) in [5.41, 5.74) is 2.19. The number of nitrogens with one attached hydrogen (secondary N) is 1. The Morgan fingerprint density at radius 2 is 1.80 bits per heavy atom. The Labute approximate surface area is 117 Å². The summed E-state index contributed by atoms with van der Waals surface area (Å²) >= 11 is 0. The number of nitrogens with zero attached hydrogens (tertiary/aromatic N) is 4. The molecule has 20 heavy (non-hydrogen) atoms. The Morgan fingerprint density at radius 3 is 2.55 bits per heavy atom. The summed E-state index contributed by atoms with van der Waals surface area (Å²) in [5.74, 6) is 0.621. The summed E-state index contributed by atoms with van der Waals surface area (Å²) < 4.78 is 1.86. The summed E-state index contributed by atoms with van der Waals surface area (Å²) in [7, 11) is 0. The molecule has 0 saturated carbocycles. The number of hydrogen-bond donors (Lipinski definition) is 1. The first-order valence-electron chi connectivity index (χ1n) is 6.47. The van der Waals surface area contributed by atoms with Gasteiger partial charge in [0, 0.05) is 24.8 Å². The molecule has 3 aromatic rings. The van der Waals surface area contributed by atoms with Crippen LogP contribution in [-0.4, -0.2) is 19.7 Å². The number of benzene rings is 1. The molecule has 100 valence electrons. The molecule has 0 aliphatic heterocycles. The summed E-state index contributed by atoms with van der Waals surface area (Å²) in [4.78, 5) is 8.38. The van der Waals surface area contributed by atoms with Gasteiger partial charge < -0.3 is 5.32 Å². The first kappa shape index (κ1) is 12.3. The van der Waals surface area contributed by atoms with Gasteiger partial charge in [0.2, 0.25) is 5.95 Å². The summed E-state index contributed by atoms with van der Waals surface area (Å²) in [5, 5.41) is 7.59. The monoisotopic (exact) mass is 265 g/mol. The normalized spacial score (nSPS) is 12.1. The topological polar surface area (TPSA) is 55.6 Å². The Hall–Kier alpha value is -2.69. The highest BCUT2D eigenvalue weighted by atomic mass is 15.3. The molecule has 0 spiro atoms. The molecular weight excluding hydrogens is 250 g/mol. The van der Waals surface area contributed by atoms with E-state index in [1.54, 1.807) is 24.7 Å². The Bertz CT molecular complexity index is 664. The second kappa shape index (κ2) is 5.52. The van der Waals surface area contributed by atoms with Crippen molar-refractivity contribution in [3.8, 4) is 5.69 Å². The molecule has 1 N–H and O–H groups in total. The van der Waals surface area contributed by atoms with Crippen LogP contribution in [0.2, 0.25) is 0 Å². The van der Waals surface area contributed by atoms with E-state index in [4.69, 9.17) is 0 Å². The van der Waals surface area contributed by atoms with Crippen LogP contribution in [0.1, 0.15) is 18.5 Å². The van der Waals surface area contributed by atoms with Crippen LogP contribution in [0, 0.1) is 0 Å². The van der Waals surface area contributed by atoms with Crippen LogP contribution in [0.15, 0.2) is 61.2 Å². The summed E-state index contributed by atoms with van der Waals surface area (Å²) in [6, 6.07) is 11.9. The third-order valence-electron chi connectivity index (χ3n) is 3.07. The van der Waals surface area contributed by atoms with Crippen molar-refractivity contribution in [1.82, 2.24) is 19.7 Å². The largest absolute Gasteiger partial charge is 0.348 e. The lowest BCUT2D eigenvalue weighted by molar-refractivity contribution is 0.809. The lowest BCUT2D eigenvalue weighted by atomic mass is 10.1. The van der Waals surface area contributed by atoms with E-state index >= 15 is 0 Å². The van der Waals surface area contributed by atoms with Crippen molar-refractivity contribution >= 4 is 5.95 Å². The van der Waals surface area contributed by atoms with E-state index < -0.39 is 0 Å². The van der Waals surface area contributed by atoms with Gasteiger partial charge in [-0.05, 0) is 30.7 Å². The van der Waals surface area contributed by atoms with Crippen LogP contribution in [0.3, 0.4) is 0 Å². The maximum atomic E-state index is 4.29. The predicted octanol–water partition coefficient (Wildman–Crippen LogP) is 2.84. The average molecular weight is 265 g/mol. The minimum Gasteiger partial charge on any atom is -0.348 e. The first-order chi connectivity index (χ1) is 9.84. The average Bonchev–Trinajstić information content (AvgIpc) is 3.02. The SMILES string of the molecule is CC(Nc1ncccn1)c1ccccc1-n1cccn1. The molecule has 5 nitrogen and oxygen atoms in total. The van der Waals surface area contributed by atoms with Gasteiger partial charge in [0.1, 0.15) is 0 Å². The maximum absolute atomic E-state index is 4.29. The predicted molar refractivity (Wildman–Crippen MR) is 77.6 cm³/mol. The van der Waals surface area contributed by atoms with Crippen molar-refractivity contribution in [2.45, 2.75) is 13.0 Å². The number of rotatable bonds is 4. The molecule has 1 unspecified atom stereocenters. The van der Waals surface area contributed by atoms with Gasteiger partial charge in [0.05, 0.1) is 11.7 Å². The van der Waals surface area contributed by atoms with E-state index in [1.165, 1.54) is 0 Å². The Balaban J connectivity index is 1.90. The zero-order chi connectivity index (χ0) is 13.8. The fourth-order valence-electron chi connectivity index (χ4n) is 2.12. The van der Waals surface area contributed by atoms with Crippen molar-refractivity contribution in [3.05, 3.63) is 66.7 Å². The second-order valence-electron chi connectivity index (χ2n) is 4.45. The quantitative estimate of drug-likeness (QED) is 0.788. The molecule has 1 aromatic carbocycles. The van der Waals surface area contributed by atoms with Gasteiger partial charge in [0.15, 0.2) is 0 Å². The molecular formula is C15H15N5. The maximum Gasteiger partial charge on any atom is 0.223 e. The molecule has 2 aromatic heterocycles. The Kier molecular flexibility index (Phi) is 3.41. The summed E-state index contributed by atoms with van der Waals surface area (Å²) in [6.07, 6.45) is 7.16. The fourth-order valence-corrected chi connectivity index (χ4v) is 2.12. The van der Waals surface area contributed by atoms with Gasteiger partial charge in [0.25, 0.3) is 0 Å². The zero-order valence-corrected chi connectivity index (χ0v) is 11.1. The van der Waals surface area contributed by atoms with Gasteiger partial charge in [-0.15, -0.1) is 0 Å². The van der Waals surface area contributed by atoms with Crippen LogP contribution in [0.25, 0.3) is 5.69 Å². The van der Waals surface area contributed by atoms with E-state index in [9.17, 15) is 0 Å². The lowest BCUT2D eigenvalue weighted by Crippen LogP contribution is -2.12. The molecule has 0 aliphatic rings. The highest BCUT2D eigenvalue weighted by Gasteiger charge is 2.12. The molecule has 0 aliphatic carbocycles. The van der Waals surface area contributed by atoms with E-state index in [0.717, 1.165) is 11.3 Å². The van der Waals surface area contributed by atoms with Crippen LogP contribution < -0.4 is 5.32 Å². The van der Waals surface area contributed by atoms with Crippen LogP contribution >= 0.6 is 0 Å². The van der Waals surface area contributed by atoms with Crippen molar-refractivity contribution in [1.29, 1.82) is 0 Å². The van der Waals surface area contributed by atoms with Crippen molar-refractivity contribution < 1.29 is 0 Å². The molecule has 0 saturated heterocycles. The summed E-state index contributed by atoms with van der Waals surface area (Å²) in [6.45, 7) is 2.08. The van der Waals surface area contributed by atoms with Gasteiger partial charge in [-0.2, -0.15) is 5.10 Å². The smallest absolute Gasteiger partial charge is 0.223 e. The van der Waals surface area contributed by atoms with E-state index in [0.29, 0.717) is 5.95 Å². The standard InChI is InChI=1S/C15H15N5/c1-12(19-15-16-8-4-9-17-15)13-6-2-3-7-14(13)20-11-5-10-18-20/h2-12H,1H3,(H,16,17,19). The molecule has 2 heterocycles. The minimum atomic E-state index is 0.0813. The van der Waals surface area contributed by atoms with Crippen molar-refractivity contribution in [3.63, 3.8) is 0 Å². The van der Waals surface area contributed by atoms with Crippen molar-refractivity contribution in [2.24, 2.45) is 0 Å². The number of aromatic nitrogens is 4.